The number of esters is 1. The minimum absolute atomic E-state index is 0.259. The molecule has 2 aromatic rings. The lowest BCUT2D eigenvalue weighted by Gasteiger charge is -2.08. The Kier molecular flexibility index (Phi) is 4.31. The van der Waals surface area contributed by atoms with Gasteiger partial charge in [0.2, 0.25) is 0 Å². The number of carbonyl (C=O) groups excluding carboxylic acids is 1. The van der Waals surface area contributed by atoms with Gasteiger partial charge in [-0.3, -0.25) is 4.79 Å². The molecule has 2 N–H and O–H groups in total. The molecule has 0 amide bonds. The molecule has 2 aromatic carbocycles. The predicted octanol–water partition coefficient (Wildman–Crippen LogP) is 2.74. The van der Waals surface area contributed by atoms with Crippen LogP contribution in [0, 0.1) is 0 Å². The molecule has 3 heteroatoms. The molecule has 0 aliphatic rings. The maximum atomic E-state index is 11.3. The summed E-state index contributed by atoms with van der Waals surface area (Å²) in [5.74, 6) is -0.382. The summed E-state index contributed by atoms with van der Waals surface area (Å²) in [6.07, 6.45) is 0. The summed E-state index contributed by atoms with van der Waals surface area (Å²) in [6.45, 7) is 1.87. The molecule has 0 heterocycles. The van der Waals surface area contributed by atoms with Crippen molar-refractivity contribution in [2.75, 3.05) is 0 Å². The fourth-order valence-corrected chi connectivity index (χ4v) is 1.71. The van der Waals surface area contributed by atoms with Gasteiger partial charge in [-0.05, 0) is 23.6 Å². The number of benzene rings is 2. The highest BCUT2D eigenvalue weighted by molar-refractivity contribution is 5.74. The van der Waals surface area contributed by atoms with Gasteiger partial charge in [-0.1, -0.05) is 54.6 Å². The number of rotatable bonds is 4. The standard InChI is InChI=1S/C16H17NO2/c1-12(17)16(18)19-11-13-7-9-15(10-8-13)14-5-3-2-4-6-14/h2-10,12H,11,17H2,1H3/t12-/m0/s1. The van der Waals surface area contributed by atoms with E-state index in [0.717, 1.165) is 11.1 Å². The fourth-order valence-electron chi connectivity index (χ4n) is 1.71. The Balaban J connectivity index is 2.01. The summed E-state index contributed by atoms with van der Waals surface area (Å²) in [5.41, 5.74) is 8.69. The third-order valence-corrected chi connectivity index (χ3v) is 2.81. The predicted molar refractivity (Wildman–Crippen MR) is 75.3 cm³/mol. The van der Waals surface area contributed by atoms with Gasteiger partial charge in [0.05, 0.1) is 0 Å². The van der Waals surface area contributed by atoms with E-state index in [9.17, 15) is 4.79 Å². The molecule has 0 spiro atoms. The average molecular weight is 255 g/mol. The van der Waals surface area contributed by atoms with E-state index in [0.29, 0.717) is 0 Å². The third-order valence-electron chi connectivity index (χ3n) is 2.81. The lowest BCUT2D eigenvalue weighted by atomic mass is 10.0. The van der Waals surface area contributed by atoms with Crippen molar-refractivity contribution >= 4 is 5.97 Å². The van der Waals surface area contributed by atoms with Gasteiger partial charge in [-0.25, -0.2) is 0 Å². The fraction of sp³-hybridized carbons (Fsp3) is 0.188. The van der Waals surface area contributed by atoms with E-state index in [4.69, 9.17) is 10.5 Å². The number of ether oxygens (including phenoxy) is 1. The van der Waals surface area contributed by atoms with Crippen LogP contribution in [-0.4, -0.2) is 12.0 Å². The van der Waals surface area contributed by atoms with Crippen molar-refractivity contribution in [1.29, 1.82) is 0 Å². The molecule has 0 bridgehead atoms. The summed E-state index contributed by atoms with van der Waals surface area (Å²) in [5, 5.41) is 0. The van der Waals surface area contributed by atoms with Crippen molar-refractivity contribution in [2.45, 2.75) is 19.6 Å². The third kappa shape index (κ3) is 3.66. The second-order valence-electron chi connectivity index (χ2n) is 4.46. The summed E-state index contributed by atoms with van der Waals surface area (Å²) in [6, 6.07) is 17.5. The van der Waals surface area contributed by atoms with E-state index in [1.807, 2.05) is 42.5 Å². The van der Waals surface area contributed by atoms with Crippen LogP contribution in [0.5, 0.6) is 0 Å². The van der Waals surface area contributed by atoms with E-state index in [1.165, 1.54) is 5.56 Å². The van der Waals surface area contributed by atoms with Crippen LogP contribution in [0.4, 0.5) is 0 Å². The highest BCUT2D eigenvalue weighted by atomic mass is 16.5. The van der Waals surface area contributed by atoms with Gasteiger partial charge >= 0.3 is 5.97 Å². The molecular formula is C16H17NO2. The van der Waals surface area contributed by atoms with E-state index in [2.05, 4.69) is 12.1 Å². The summed E-state index contributed by atoms with van der Waals surface area (Å²) in [7, 11) is 0. The lowest BCUT2D eigenvalue weighted by molar-refractivity contribution is -0.146. The first kappa shape index (κ1) is 13.3. The minimum Gasteiger partial charge on any atom is -0.460 e. The van der Waals surface area contributed by atoms with Crippen molar-refractivity contribution in [1.82, 2.24) is 0 Å². The maximum absolute atomic E-state index is 11.3. The highest BCUT2D eigenvalue weighted by Crippen LogP contribution is 2.19. The quantitative estimate of drug-likeness (QED) is 0.855. The van der Waals surface area contributed by atoms with Crippen molar-refractivity contribution < 1.29 is 9.53 Å². The van der Waals surface area contributed by atoms with Crippen molar-refractivity contribution in [3.63, 3.8) is 0 Å². The average Bonchev–Trinajstić information content (AvgIpc) is 2.46. The monoisotopic (exact) mass is 255 g/mol. The molecule has 0 aliphatic carbocycles. The van der Waals surface area contributed by atoms with Crippen LogP contribution >= 0.6 is 0 Å². The molecule has 1 atom stereocenters. The van der Waals surface area contributed by atoms with Crippen LogP contribution in [0.15, 0.2) is 54.6 Å². The van der Waals surface area contributed by atoms with Gasteiger partial charge < -0.3 is 10.5 Å². The largest absolute Gasteiger partial charge is 0.460 e. The van der Waals surface area contributed by atoms with Crippen molar-refractivity contribution in [2.24, 2.45) is 5.73 Å². The first-order valence-electron chi connectivity index (χ1n) is 6.23. The Morgan fingerprint density at radius 2 is 1.63 bits per heavy atom. The Labute approximate surface area is 113 Å². The number of nitrogens with two attached hydrogens (primary N) is 1. The number of carbonyl (C=O) groups is 1. The molecule has 0 saturated carbocycles. The molecule has 2 rings (SSSR count). The molecule has 0 fully saturated rings. The van der Waals surface area contributed by atoms with Gasteiger partial charge in [0.15, 0.2) is 0 Å². The summed E-state index contributed by atoms with van der Waals surface area (Å²) >= 11 is 0. The zero-order chi connectivity index (χ0) is 13.7. The summed E-state index contributed by atoms with van der Waals surface area (Å²) < 4.78 is 5.07. The Bertz CT molecular complexity index is 532. The van der Waals surface area contributed by atoms with Crippen LogP contribution in [0.1, 0.15) is 12.5 Å². The zero-order valence-electron chi connectivity index (χ0n) is 10.9. The smallest absolute Gasteiger partial charge is 0.322 e. The van der Waals surface area contributed by atoms with E-state index < -0.39 is 6.04 Å². The van der Waals surface area contributed by atoms with Crippen LogP contribution in [0.3, 0.4) is 0 Å². The van der Waals surface area contributed by atoms with E-state index in [-0.39, 0.29) is 12.6 Å². The molecule has 3 nitrogen and oxygen atoms in total. The number of hydrogen-bond donors (Lipinski definition) is 1. The normalized spacial score (nSPS) is 11.9. The molecule has 0 aliphatic heterocycles. The van der Waals surface area contributed by atoms with Crippen LogP contribution in [0.2, 0.25) is 0 Å². The first-order valence-corrected chi connectivity index (χ1v) is 6.23. The molecular weight excluding hydrogens is 238 g/mol. The second-order valence-corrected chi connectivity index (χ2v) is 4.46. The Morgan fingerprint density at radius 1 is 1.05 bits per heavy atom. The van der Waals surface area contributed by atoms with Crippen LogP contribution in [0.25, 0.3) is 11.1 Å². The van der Waals surface area contributed by atoms with Gasteiger partial charge in [0.25, 0.3) is 0 Å². The Hall–Kier alpha value is -2.13. The van der Waals surface area contributed by atoms with E-state index in [1.54, 1.807) is 6.92 Å². The molecule has 0 radical (unpaired) electrons. The SMILES string of the molecule is C[C@H](N)C(=O)OCc1ccc(-c2ccccc2)cc1. The summed E-state index contributed by atoms with van der Waals surface area (Å²) in [4.78, 5) is 11.3. The maximum Gasteiger partial charge on any atom is 0.322 e. The minimum atomic E-state index is -0.580. The second kappa shape index (κ2) is 6.16. The Morgan fingerprint density at radius 3 is 2.21 bits per heavy atom. The van der Waals surface area contributed by atoms with Gasteiger partial charge in [-0.2, -0.15) is 0 Å². The van der Waals surface area contributed by atoms with Crippen LogP contribution in [-0.2, 0) is 16.1 Å². The molecule has 0 aromatic heterocycles. The van der Waals surface area contributed by atoms with Gasteiger partial charge in [-0.15, -0.1) is 0 Å². The van der Waals surface area contributed by atoms with Crippen LogP contribution < -0.4 is 5.73 Å². The van der Waals surface area contributed by atoms with Crippen molar-refractivity contribution in [3.8, 4) is 11.1 Å². The van der Waals surface area contributed by atoms with Gasteiger partial charge in [0.1, 0.15) is 12.6 Å². The molecule has 98 valence electrons. The molecule has 19 heavy (non-hydrogen) atoms. The first-order chi connectivity index (χ1) is 9.16. The van der Waals surface area contributed by atoms with Gasteiger partial charge in [0, 0.05) is 0 Å². The number of hydrogen-bond acceptors (Lipinski definition) is 3. The highest BCUT2D eigenvalue weighted by Gasteiger charge is 2.08. The lowest BCUT2D eigenvalue weighted by Crippen LogP contribution is -2.28. The topological polar surface area (TPSA) is 52.3 Å². The molecule has 0 unspecified atom stereocenters. The zero-order valence-corrected chi connectivity index (χ0v) is 10.9. The van der Waals surface area contributed by atoms with E-state index >= 15 is 0 Å². The van der Waals surface area contributed by atoms with Crippen molar-refractivity contribution in [3.05, 3.63) is 60.2 Å². The molecule has 0 saturated heterocycles.